The Morgan fingerprint density at radius 2 is 2.05 bits per heavy atom. The number of nitrogens with one attached hydrogen (secondary N) is 1. The van der Waals surface area contributed by atoms with Crippen molar-refractivity contribution in [3.05, 3.63) is 29.8 Å². The number of methoxy groups -OCH3 is 1. The van der Waals surface area contributed by atoms with Crippen molar-refractivity contribution in [3.8, 4) is 5.75 Å². The van der Waals surface area contributed by atoms with Crippen LogP contribution in [0.5, 0.6) is 5.75 Å². The van der Waals surface area contributed by atoms with Gasteiger partial charge in [0.05, 0.1) is 7.11 Å². The summed E-state index contributed by atoms with van der Waals surface area (Å²) in [6, 6.07) is 9.40. The Kier molecular flexibility index (Phi) is 5.67. The van der Waals surface area contributed by atoms with E-state index in [0.29, 0.717) is 12.1 Å². The molecule has 0 bridgehead atoms. The topological polar surface area (TPSA) is 30.5 Å². The predicted molar refractivity (Wildman–Crippen MR) is 77.6 cm³/mol. The number of hydrogen-bond acceptors (Lipinski definition) is 3. The molecule has 0 aliphatic carbocycles. The van der Waals surface area contributed by atoms with E-state index < -0.39 is 0 Å². The quantitative estimate of drug-likeness (QED) is 0.884. The first-order chi connectivity index (χ1) is 9.33. The van der Waals surface area contributed by atoms with Gasteiger partial charge in [0.15, 0.2) is 0 Å². The highest BCUT2D eigenvalue weighted by Gasteiger charge is 2.17. The van der Waals surface area contributed by atoms with Crippen LogP contribution in [0.15, 0.2) is 24.3 Å². The minimum Gasteiger partial charge on any atom is -0.497 e. The molecule has 1 heterocycles. The summed E-state index contributed by atoms with van der Waals surface area (Å²) in [6.07, 6.45) is 4.60. The third-order valence-corrected chi connectivity index (χ3v) is 3.82. The zero-order valence-corrected chi connectivity index (χ0v) is 12.0. The van der Waals surface area contributed by atoms with Crippen LogP contribution in [0.25, 0.3) is 0 Å². The van der Waals surface area contributed by atoms with Gasteiger partial charge in [-0.25, -0.2) is 0 Å². The maximum absolute atomic E-state index is 5.52. The molecule has 0 amide bonds. The molecular formula is C16H25NO2. The fourth-order valence-electron chi connectivity index (χ4n) is 2.64. The molecule has 1 N–H and O–H groups in total. The maximum atomic E-state index is 5.52. The zero-order chi connectivity index (χ0) is 13.5. The van der Waals surface area contributed by atoms with Crippen LogP contribution >= 0.6 is 0 Å². The van der Waals surface area contributed by atoms with Crippen molar-refractivity contribution in [3.63, 3.8) is 0 Å². The predicted octanol–water partition coefficient (Wildman–Crippen LogP) is 3.31. The summed E-state index contributed by atoms with van der Waals surface area (Å²) in [7, 11) is 1.70. The average Bonchev–Trinajstić information content (AvgIpc) is 2.73. The second-order valence-corrected chi connectivity index (χ2v) is 5.14. The minimum atomic E-state index is 0.425. The molecular weight excluding hydrogens is 238 g/mol. The Bertz CT molecular complexity index is 356. The van der Waals surface area contributed by atoms with E-state index in [1.54, 1.807) is 7.11 Å². The van der Waals surface area contributed by atoms with Gasteiger partial charge in [0, 0.05) is 25.3 Å². The summed E-state index contributed by atoms with van der Waals surface area (Å²) in [4.78, 5) is 0. The van der Waals surface area contributed by atoms with Gasteiger partial charge >= 0.3 is 0 Å². The Labute approximate surface area is 116 Å². The van der Waals surface area contributed by atoms with Gasteiger partial charge in [-0.05, 0) is 43.4 Å². The van der Waals surface area contributed by atoms with Gasteiger partial charge in [0.25, 0.3) is 0 Å². The highest BCUT2D eigenvalue weighted by Crippen LogP contribution is 2.22. The molecule has 1 saturated heterocycles. The number of rotatable bonds is 5. The Balaban J connectivity index is 1.97. The second-order valence-electron chi connectivity index (χ2n) is 5.14. The normalized spacial score (nSPS) is 21.7. The maximum Gasteiger partial charge on any atom is 0.118 e. The molecule has 1 aliphatic rings. The molecule has 3 heteroatoms. The van der Waals surface area contributed by atoms with Crippen LogP contribution < -0.4 is 10.1 Å². The molecule has 2 atom stereocenters. The van der Waals surface area contributed by atoms with Crippen molar-refractivity contribution in [2.24, 2.45) is 0 Å². The fraction of sp³-hybridized carbons (Fsp3) is 0.625. The van der Waals surface area contributed by atoms with E-state index in [1.165, 1.54) is 12.0 Å². The van der Waals surface area contributed by atoms with E-state index in [0.717, 1.165) is 38.2 Å². The highest BCUT2D eigenvalue weighted by molar-refractivity contribution is 5.29. The summed E-state index contributed by atoms with van der Waals surface area (Å²) >= 11 is 0. The summed E-state index contributed by atoms with van der Waals surface area (Å²) in [6.45, 7) is 4.03. The lowest BCUT2D eigenvalue weighted by Crippen LogP contribution is -2.32. The molecule has 2 unspecified atom stereocenters. The molecule has 1 aromatic carbocycles. The first-order valence-corrected chi connectivity index (χ1v) is 7.31. The van der Waals surface area contributed by atoms with Crippen molar-refractivity contribution < 1.29 is 9.47 Å². The van der Waals surface area contributed by atoms with Gasteiger partial charge in [-0.2, -0.15) is 0 Å². The lowest BCUT2D eigenvalue weighted by atomic mass is 10.0. The molecule has 1 fully saturated rings. The largest absolute Gasteiger partial charge is 0.497 e. The molecule has 1 aliphatic heterocycles. The average molecular weight is 263 g/mol. The van der Waals surface area contributed by atoms with Crippen LogP contribution in [0.4, 0.5) is 0 Å². The van der Waals surface area contributed by atoms with Crippen LogP contribution in [0.2, 0.25) is 0 Å². The van der Waals surface area contributed by atoms with Crippen molar-refractivity contribution in [1.82, 2.24) is 5.32 Å². The number of benzene rings is 1. The standard InChI is InChI=1S/C16H25NO2/c1-3-16(13-6-8-15(18-2)9-7-13)17-14-5-4-11-19-12-10-14/h6-9,14,16-17H,3-5,10-12H2,1-2H3. The second kappa shape index (κ2) is 7.51. The Morgan fingerprint density at radius 3 is 2.74 bits per heavy atom. The minimum absolute atomic E-state index is 0.425. The highest BCUT2D eigenvalue weighted by atomic mass is 16.5. The first kappa shape index (κ1) is 14.4. The molecule has 0 aromatic heterocycles. The lowest BCUT2D eigenvalue weighted by molar-refractivity contribution is 0.142. The zero-order valence-electron chi connectivity index (χ0n) is 12.0. The molecule has 106 valence electrons. The van der Waals surface area contributed by atoms with Crippen molar-refractivity contribution >= 4 is 0 Å². The van der Waals surface area contributed by atoms with Gasteiger partial charge in [-0.1, -0.05) is 19.1 Å². The molecule has 0 radical (unpaired) electrons. The molecule has 0 spiro atoms. The fourth-order valence-corrected chi connectivity index (χ4v) is 2.64. The summed E-state index contributed by atoms with van der Waals surface area (Å²) < 4.78 is 10.7. The smallest absolute Gasteiger partial charge is 0.118 e. The Hall–Kier alpha value is -1.06. The van der Waals surface area contributed by atoms with Crippen LogP contribution in [0.3, 0.4) is 0 Å². The third-order valence-electron chi connectivity index (χ3n) is 3.82. The summed E-state index contributed by atoms with van der Waals surface area (Å²) in [5, 5.41) is 3.78. The van der Waals surface area contributed by atoms with Gasteiger partial charge in [-0.15, -0.1) is 0 Å². The monoisotopic (exact) mass is 263 g/mol. The van der Waals surface area contributed by atoms with E-state index >= 15 is 0 Å². The van der Waals surface area contributed by atoms with Gasteiger partial charge < -0.3 is 14.8 Å². The number of ether oxygens (including phenoxy) is 2. The third kappa shape index (κ3) is 4.22. The molecule has 0 saturated carbocycles. The molecule has 2 rings (SSSR count). The van der Waals surface area contributed by atoms with Gasteiger partial charge in [-0.3, -0.25) is 0 Å². The molecule has 19 heavy (non-hydrogen) atoms. The van der Waals surface area contributed by atoms with E-state index in [-0.39, 0.29) is 0 Å². The molecule has 1 aromatic rings. The van der Waals surface area contributed by atoms with E-state index in [4.69, 9.17) is 9.47 Å². The van der Waals surface area contributed by atoms with Crippen LogP contribution in [-0.4, -0.2) is 26.4 Å². The van der Waals surface area contributed by atoms with E-state index in [2.05, 4.69) is 24.4 Å². The van der Waals surface area contributed by atoms with Crippen molar-refractivity contribution in [2.75, 3.05) is 20.3 Å². The summed E-state index contributed by atoms with van der Waals surface area (Å²) in [5.41, 5.74) is 1.34. The lowest BCUT2D eigenvalue weighted by Gasteiger charge is -2.24. The van der Waals surface area contributed by atoms with Crippen LogP contribution in [0, 0.1) is 0 Å². The van der Waals surface area contributed by atoms with E-state index in [9.17, 15) is 0 Å². The van der Waals surface area contributed by atoms with Gasteiger partial charge in [0.2, 0.25) is 0 Å². The van der Waals surface area contributed by atoms with Gasteiger partial charge in [0.1, 0.15) is 5.75 Å². The van der Waals surface area contributed by atoms with Crippen LogP contribution in [0.1, 0.15) is 44.2 Å². The number of hydrogen-bond donors (Lipinski definition) is 1. The van der Waals surface area contributed by atoms with Crippen LogP contribution in [-0.2, 0) is 4.74 Å². The Morgan fingerprint density at radius 1 is 1.26 bits per heavy atom. The molecule has 3 nitrogen and oxygen atoms in total. The van der Waals surface area contributed by atoms with E-state index in [1.807, 2.05) is 12.1 Å². The van der Waals surface area contributed by atoms with Crippen molar-refractivity contribution in [2.45, 2.75) is 44.7 Å². The SMILES string of the molecule is CCC(NC1CCCOCC1)c1ccc(OC)cc1. The first-order valence-electron chi connectivity index (χ1n) is 7.31. The van der Waals surface area contributed by atoms with Crippen molar-refractivity contribution in [1.29, 1.82) is 0 Å². The summed E-state index contributed by atoms with van der Waals surface area (Å²) in [5.74, 6) is 0.918.